The summed E-state index contributed by atoms with van der Waals surface area (Å²) in [5.74, 6) is 2.30. The Morgan fingerprint density at radius 3 is 2.89 bits per heavy atom. The van der Waals surface area contributed by atoms with Gasteiger partial charge >= 0.3 is 0 Å². The van der Waals surface area contributed by atoms with Crippen LogP contribution >= 0.6 is 35.6 Å². The molecule has 0 bridgehead atoms. The van der Waals surface area contributed by atoms with Crippen molar-refractivity contribution in [2.24, 2.45) is 4.99 Å². The molecule has 0 heterocycles. The smallest absolute Gasteiger partial charge is 0.191 e. The largest absolute Gasteiger partial charge is 0.492 e. The number of halogens is 2. The fraction of sp³-hybridized carbons (Fsp3) is 0.632. The van der Waals surface area contributed by atoms with Gasteiger partial charge in [0.05, 0.1) is 6.54 Å². The Morgan fingerprint density at radius 2 is 2.19 bits per heavy atom. The van der Waals surface area contributed by atoms with Crippen LogP contribution < -0.4 is 15.4 Å². The van der Waals surface area contributed by atoms with Gasteiger partial charge in [-0.3, -0.25) is 4.21 Å². The maximum atomic E-state index is 12.1. The van der Waals surface area contributed by atoms with Crippen LogP contribution in [0.25, 0.3) is 0 Å². The van der Waals surface area contributed by atoms with Crippen LogP contribution in [-0.2, 0) is 10.8 Å². The van der Waals surface area contributed by atoms with Gasteiger partial charge in [0.2, 0.25) is 0 Å². The van der Waals surface area contributed by atoms with Gasteiger partial charge in [0.1, 0.15) is 12.4 Å². The molecule has 1 fully saturated rings. The lowest BCUT2D eigenvalue weighted by atomic mass is 9.95. The van der Waals surface area contributed by atoms with E-state index in [1.807, 2.05) is 25.1 Å². The average Bonchev–Trinajstić information content (AvgIpc) is 2.65. The third-order valence-electron chi connectivity index (χ3n) is 4.39. The quantitative estimate of drug-likeness (QED) is 0.232. The van der Waals surface area contributed by atoms with Gasteiger partial charge in [0, 0.05) is 39.4 Å². The zero-order chi connectivity index (χ0) is 18.8. The van der Waals surface area contributed by atoms with Crippen molar-refractivity contribution < 1.29 is 8.95 Å². The van der Waals surface area contributed by atoms with Gasteiger partial charge in [-0.1, -0.05) is 31.0 Å². The minimum atomic E-state index is -0.714. The van der Waals surface area contributed by atoms with Gasteiger partial charge < -0.3 is 15.4 Å². The van der Waals surface area contributed by atoms with E-state index in [1.165, 1.54) is 0 Å². The van der Waals surface area contributed by atoms with E-state index in [2.05, 4.69) is 22.5 Å². The predicted octanol–water partition coefficient (Wildman–Crippen LogP) is 3.97. The molecular weight excluding hydrogens is 497 g/mol. The molecular formula is C19H31ClIN3O2S. The van der Waals surface area contributed by atoms with Crippen LogP contribution in [-0.4, -0.2) is 46.9 Å². The summed E-state index contributed by atoms with van der Waals surface area (Å²) in [7, 11) is -0.714. The molecule has 0 aromatic heterocycles. The Hall–Kier alpha value is -0.540. The lowest BCUT2D eigenvalue weighted by Crippen LogP contribution is -2.46. The molecule has 1 aliphatic carbocycles. The van der Waals surface area contributed by atoms with Crippen molar-refractivity contribution in [3.8, 4) is 5.75 Å². The number of guanidine groups is 1. The second-order valence-electron chi connectivity index (χ2n) is 6.37. The first kappa shape index (κ1) is 24.5. The van der Waals surface area contributed by atoms with Gasteiger partial charge in [0.15, 0.2) is 5.96 Å². The molecule has 27 heavy (non-hydrogen) atoms. The number of hydrogen-bond donors (Lipinski definition) is 2. The maximum Gasteiger partial charge on any atom is 0.191 e. The SMILES string of the molecule is CCNC(=NCCOc1cccc(Cl)c1)NC1CCCC(S(=O)CC)C1.I. The van der Waals surface area contributed by atoms with Gasteiger partial charge in [-0.25, -0.2) is 4.99 Å². The highest BCUT2D eigenvalue weighted by Gasteiger charge is 2.25. The van der Waals surface area contributed by atoms with Gasteiger partial charge in [-0.2, -0.15) is 0 Å². The van der Waals surface area contributed by atoms with Crippen LogP contribution in [0.5, 0.6) is 5.75 Å². The Kier molecular flexibility index (Phi) is 12.3. The highest BCUT2D eigenvalue weighted by atomic mass is 127. The van der Waals surface area contributed by atoms with Crippen molar-refractivity contribution in [1.82, 2.24) is 10.6 Å². The molecule has 1 saturated carbocycles. The number of aliphatic imine (C=N–C) groups is 1. The average molecular weight is 528 g/mol. The van der Waals surface area contributed by atoms with E-state index < -0.39 is 10.8 Å². The maximum absolute atomic E-state index is 12.1. The molecule has 1 aromatic carbocycles. The standard InChI is InChI=1S/C19H30ClN3O2S.HI/c1-3-21-19(22-11-12-25-17-9-5-7-15(20)13-17)23-16-8-6-10-18(14-16)26(24)4-2;/h5,7,9,13,16,18H,3-4,6,8,10-12,14H2,1-2H3,(H2,21,22,23);1H. The topological polar surface area (TPSA) is 62.7 Å². The number of hydrogen-bond acceptors (Lipinski definition) is 3. The Bertz CT molecular complexity index is 618. The van der Waals surface area contributed by atoms with E-state index in [0.717, 1.165) is 49.7 Å². The molecule has 0 spiro atoms. The van der Waals surface area contributed by atoms with Crippen molar-refractivity contribution in [3.63, 3.8) is 0 Å². The minimum Gasteiger partial charge on any atom is -0.492 e. The molecule has 3 atom stereocenters. The van der Waals surface area contributed by atoms with Crippen LogP contribution in [0, 0.1) is 0 Å². The number of ether oxygens (including phenoxy) is 1. The number of nitrogens with one attached hydrogen (secondary N) is 2. The second kappa shape index (κ2) is 13.6. The summed E-state index contributed by atoms with van der Waals surface area (Å²) in [6, 6.07) is 7.70. The molecule has 8 heteroatoms. The molecule has 2 N–H and O–H groups in total. The van der Waals surface area contributed by atoms with E-state index in [-0.39, 0.29) is 24.0 Å². The van der Waals surface area contributed by atoms with Gasteiger partial charge in [-0.05, 0) is 44.4 Å². The first-order valence-electron chi connectivity index (χ1n) is 9.42. The third-order valence-corrected chi connectivity index (χ3v) is 6.37. The number of benzene rings is 1. The van der Waals surface area contributed by atoms with E-state index in [1.54, 1.807) is 6.07 Å². The summed E-state index contributed by atoms with van der Waals surface area (Å²) < 4.78 is 17.8. The van der Waals surface area contributed by atoms with E-state index in [0.29, 0.717) is 29.5 Å². The molecule has 5 nitrogen and oxygen atoms in total. The van der Waals surface area contributed by atoms with Crippen LogP contribution in [0.3, 0.4) is 0 Å². The molecule has 0 aliphatic heterocycles. The zero-order valence-corrected chi connectivity index (χ0v) is 20.0. The Balaban J connectivity index is 0.00000364. The first-order chi connectivity index (χ1) is 12.6. The van der Waals surface area contributed by atoms with Gasteiger partial charge in [0.25, 0.3) is 0 Å². The van der Waals surface area contributed by atoms with Gasteiger partial charge in [-0.15, -0.1) is 24.0 Å². The monoisotopic (exact) mass is 527 g/mol. The van der Waals surface area contributed by atoms with Crippen LogP contribution in [0.2, 0.25) is 5.02 Å². The Labute approximate surface area is 187 Å². The van der Waals surface area contributed by atoms with Crippen molar-refractivity contribution in [2.75, 3.05) is 25.4 Å². The molecule has 0 radical (unpaired) electrons. The van der Waals surface area contributed by atoms with Crippen LogP contribution in [0.15, 0.2) is 29.3 Å². The highest BCUT2D eigenvalue weighted by molar-refractivity contribution is 14.0. The van der Waals surface area contributed by atoms with Crippen molar-refractivity contribution in [1.29, 1.82) is 0 Å². The summed E-state index contributed by atoms with van der Waals surface area (Å²) in [5.41, 5.74) is 0. The Morgan fingerprint density at radius 1 is 1.37 bits per heavy atom. The zero-order valence-electron chi connectivity index (χ0n) is 16.1. The highest BCUT2D eigenvalue weighted by Crippen LogP contribution is 2.23. The summed E-state index contributed by atoms with van der Waals surface area (Å²) in [6.07, 6.45) is 4.23. The molecule has 1 aliphatic rings. The lowest BCUT2D eigenvalue weighted by Gasteiger charge is -2.30. The molecule has 2 rings (SSSR count). The third kappa shape index (κ3) is 9.00. The van der Waals surface area contributed by atoms with Crippen molar-refractivity contribution in [2.45, 2.75) is 50.8 Å². The lowest BCUT2D eigenvalue weighted by molar-refractivity contribution is 0.328. The van der Waals surface area contributed by atoms with Crippen molar-refractivity contribution in [3.05, 3.63) is 29.3 Å². The minimum absolute atomic E-state index is 0. The van der Waals surface area contributed by atoms with Crippen LogP contribution in [0.4, 0.5) is 0 Å². The molecule has 0 saturated heterocycles. The normalized spacial score (nSPS) is 21.1. The molecule has 1 aromatic rings. The molecule has 0 amide bonds. The van der Waals surface area contributed by atoms with E-state index in [9.17, 15) is 4.21 Å². The van der Waals surface area contributed by atoms with Crippen molar-refractivity contribution >= 4 is 52.3 Å². The molecule has 154 valence electrons. The fourth-order valence-electron chi connectivity index (χ4n) is 3.14. The number of nitrogens with zero attached hydrogens (tertiary/aromatic N) is 1. The van der Waals surface area contributed by atoms with Crippen LogP contribution in [0.1, 0.15) is 39.5 Å². The second-order valence-corrected chi connectivity index (χ2v) is 8.81. The van der Waals surface area contributed by atoms with E-state index >= 15 is 0 Å². The summed E-state index contributed by atoms with van der Waals surface area (Å²) in [4.78, 5) is 4.60. The molecule has 3 unspecified atom stereocenters. The summed E-state index contributed by atoms with van der Waals surface area (Å²) in [6.45, 7) is 5.90. The number of rotatable bonds is 8. The predicted molar refractivity (Wildman–Crippen MR) is 126 cm³/mol. The first-order valence-corrected chi connectivity index (χ1v) is 11.2. The summed E-state index contributed by atoms with van der Waals surface area (Å²) >= 11 is 5.95. The summed E-state index contributed by atoms with van der Waals surface area (Å²) in [5, 5.41) is 7.75. The van der Waals surface area contributed by atoms with E-state index in [4.69, 9.17) is 16.3 Å². The fourth-order valence-corrected chi connectivity index (χ4v) is 4.67.